The molecule has 0 aliphatic rings. The average Bonchev–Trinajstić information content (AvgIpc) is 2.76. The van der Waals surface area contributed by atoms with Crippen LogP contribution in [0, 0.1) is 5.82 Å². The van der Waals surface area contributed by atoms with E-state index in [0.717, 1.165) is 0 Å². The Bertz CT molecular complexity index is 628. The number of nitrogens with two attached hydrogens (primary N) is 1. The first-order valence-corrected chi connectivity index (χ1v) is 5.59. The van der Waals surface area contributed by atoms with Gasteiger partial charge in [0.25, 0.3) is 5.89 Å². The van der Waals surface area contributed by atoms with Crippen molar-refractivity contribution in [3.05, 3.63) is 35.4 Å². The van der Waals surface area contributed by atoms with Gasteiger partial charge in [0.05, 0.1) is 16.7 Å². The Morgan fingerprint density at radius 1 is 1.20 bits per heavy atom. The van der Waals surface area contributed by atoms with Crippen LogP contribution in [0.3, 0.4) is 0 Å². The molecular formula is C12H11F4N3O. The highest BCUT2D eigenvalue weighted by Crippen LogP contribution is 2.33. The minimum Gasteiger partial charge on any atom is -0.334 e. The molecule has 1 heterocycles. The first-order chi connectivity index (χ1) is 9.09. The zero-order chi connectivity index (χ0) is 15.1. The Labute approximate surface area is 111 Å². The molecular weight excluding hydrogens is 278 g/mol. The summed E-state index contributed by atoms with van der Waals surface area (Å²) in [6.45, 7) is 3.17. The van der Waals surface area contributed by atoms with Gasteiger partial charge in [0.1, 0.15) is 5.82 Å². The topological polar surface area (TPSA) is 64.9 Å². The van der Waals surface area contributed by atoms with E-state index >= 15 is 0 Å². The van der Waals surface area contributed by atoms with Gasteiger partial charge in [0.2, 0.25) is 0 Å². The molecule has 0 saturated heterocycles. The zero-order valence-corrected chi connectivity index (χ0v) is 10.6. The maximum atomic E-state index is 13.6. The van der Waals surface area contributed by atoms with Crippen LogP contribution in [-0.4, -0.2) is 10.1 Å². The Hall–Kier alpha value is -1.96. The first kappa shape index (κ1) is 14.4. The highest BCUT2D eigenvalue weighted by Gasteiger charge is 2.32. The summed E-state index contributed by atoms with van der Waals surface area (Å²) in [7, 11) is 0. The van der Waals surface area contributed by atoms with Crippen molar-refractivity contribution < 1.29 is 22.1 Å². The van der Waals surface area contributed by atoms with Gasteiger partial charge in [-0.2, -0.15) is 18.2 Å². The van der Waals surface area contributed by atoms with Gasteiger partial charge in [0, 0.05) is 0 Å². The second-order valence-electron chi connectivity index (χ2n) is 4.84. The number of hydrogen-bond donors (Lipinski definition) is 1. The lowest BCUT2D eigenvalue weighted by Crippen LogP contribution is -2.30. The van der Waals surface area contributed by atoms with Crippen LogP contribution in [0.5, 0.6) is 0 Å². The van der Waals surface area contributed by atoms with Gasteiger partial charge in [0.15, 0.2) is 5.82 Å². The van der Waals surface area contributed by atoms with Gasteiger partial charge >= 0.3 is 6.18 Å². The van der Waals surface area contributed by atoms with E-state index in [4.69, 9.17) is 10.3 Å². The second-order valence-corrected chi connectivity index (χ2v) is 4.84. The summed E-state index contributed by atoms with van der Waals surface area (Å²) in [6, 6.07) is 1.97. The van der Waals surface area contributed by atoms with Gasteiger partial charge in [-0.05, 0) is 32.0 Å². The monoisotopic (exact) mass is 289 g/mol. The third kappa shape index (κ3) is 2.79. The Balaban J connectivity index is 2.50. The average molecular weight is 289 g/mol. The second kappa shape index (κ2) is 4.55. The van der Waals surface area contributed by atoms with Crippen molar-refractivity contribution in [2.75, 3.05) is 0 Å². The van der Waals surface area contributed by atoms with E-state index in [1.54, 1.807) is 13.8 Å². The van der Waals surface area contributed by atoms with Crippen LogP contribution < -0.4 is 5.73 Å². The molecule has 0 radical (unpaired) electrons. The van der Waals surface area contributed by atoms with Crippen LogP contribution in [0.25, 0.3) is 11.5 Å². The van der Waals surface area contributed by atoms with Crippen LogP contribution in [-0.2, 0) is 11.7 Å². The molecule has 8 heteroatoms. The van der Waals surface area contributed by atoms with Crippen LogP contribution in [0.2, 0.25) is 0 Å². The molecule has 2 aromatic rings. The molecule has 0 amide bonds. The molecule has 0 atom stereocenters. The van der Waals surface area contributed by atoms with Crippen molar-refractivity contribution in [3.8, 4) is 11.5 Å². The summed E-state index contributed by atoms with van der Waals surface area (Å²) in [5.41, 5.74) is 3.37. The Morgan fingerprint density at radius 2 is 1.85 bits per heavy atom. The molecule has 1 aromatic carbocycles. The third-order valence-corrected chi connectivity index (χ3v) is 2.53. The number of nitrogens with zero attached hydrogens (tertiary/aromatic N) is 2. The number of hydrogen-bond acceptors (Lipinski definition) is 4. The molecule has 2 rings (SSSR count). The maximum Gasteiger partial charge on any atom is 0.416 e. The SMILES string of the molecule is CC(C)(N)c1noc(-c2cc(C(F)(F)F)ccc2F)n1. The van der Waals surface area contributed by atoms with E-state index in [0.29, 0.717) is 18.2 Å². The zero-order valence-electron chi connectivity index (χ0n) is 10.6. The third-order valence-electron chi connectivity index (χ3n) is 2.53. The Kier molecular flexibility index (Phi) is 3.29. The largest absolute Gasteiger partial charge is 0.416 e. The number of benzene rings is 1. The lowest BCUT2D eigenvalue weighted by molar-refractivity contribution is -0.137. The molecule has 4 nitrogen and oxygen atoms in total. The van der Waals surface area contributed by atoms with Gasteiger partial charge < -0.3 is 10.3 Å². The van der Waals surface area contributed by atoms with Crippen molar-refractivity contribution in [2.24, 2.45) is 5.73 Å². The first-order valence-electron chi connectivity index (χ1n) is 5.59. The molecule has 1 aromatic heterocycles. The summed E-state index contributed by atoms with van der Waals surface area (Å²) in [6.07, 6.45) is -4.58. The van der Waals surface area contributed by atoms with Crippen molar-refractivity contribution in [2.45, 2.75) is 25.6 Å². The predicted octanol–water partition coefficient (Wildman–Crippen LogP) is 3.09. The Morgan fingerprint density at radius 3 is 2.35 bits per heavy atom. The smallest absolute Gasteiger partial charge is 0.334 e. The predicted molar refractivity (Wildman–Crippen MR) is 61.9 cm³/mol. The van der Waals surface area contributed by atoms with Crippen molar-refractivity contribution in [3.63, 3.8) is 0 Å². The van der Waals surface area contributed by atoms with E-state index < -0.39 is 28.7 Å². The van der Waals surface area contributed by atoms with E-state index in [2.05, 4.69) is 10.1 Å². The molecule has 108 valence electrons. The van der Waals surface area contributed by atoms with Crippen molar-refractivity contribution >= 4 is 0 Å². The van der Waals surface area contributed by atoms with Gasteiger partial charge in [-0.15, -0.1) is 0 Å². The summed E-state index contributed by atoms with van der Waals surface area (Å²) in [5, 5.41) is 3.54. The van der Waals surface area contributed by atoms with E-state index in [1.807, 2.05) is 0 Å². The molecule has 2 N–H and O–H groups in total. The molecule has 0 saturated carbocycles. The standard InChI is InChI=1S/C12H11F4N3O/c1-11(2,17)10-18-9(20-19-10)7-5-6(12(14,15)16)3-4-8(7)13/h3-5H,17H2,1-2H3. The fourth-order valence-corrected chi connectivity index (χ4v) is 1.46. The quantitative estimate of drug-likeness (QED) is 0.863. The van der Waals surface area contributed by atoms with Gasteiger partial charge in [-0.1, -0.05) is 5.16 Å². The van der Waals surface area contributed by atoms with E-state index in [1.165, 1.54) is 0 Å². The maximum absolute atomic E-state index is 13.6. The van der Waals surface area contributed by atoms with Crippen LogP contribution in [0.1, 0.15) is 25.2 Å². The highest BCUT2D eigenvalue weighted by molar-refractivity contribution is 5.55. The minimum atomic E-state index is -4.58. The van der Waals surface area contributed by atoms with Crippen LogP contribution >= 0.6 is 0 Å². The van der Waals surface area contributed by atoms with Crippen LogP contribution in [0.4, 0.5) is 17.6 Å². The van der Waals surface area contributed by atoms with Crippen molar-refractivity contribution in [1.29, 1.82) is 0 Å². The number of halogens is 4. The minimum absolute atomic E-state index is 0.0734. The number of rotatable bonds is 2. The number of alkyl halides is 3. The summed E-state index contributed by atoms with van der Waals surface area (Å²) in [5.74, 6) is -1.16. The normalized spacial score (nSPS) is 12.8. The molecule has 0 spiro atoms. The van der Waals surface area contributed by atoms with E-state index in [9.17, 15) is 17.6 Å². The van der Waals surface area contributed by atoms with Crippen LogP contribution in [0.15, 0.2) is 22.7 Å². The molecule has 0 aliphatic heterocycles. The van der Waals surface area contributed by atoms with Gasteiger partial charge in [-0.3, -0.25) is 0 Å². The molecule has 0 aliphatic carbocycles. The molecule has 0 unspecified atom stereocenters. The van der Waals surface area contributed by atoms with E-state index in [-0.39, 0.29) is 11.7 Å². The molecule has 20 heavy (non-hydrogen) atoms. The van der Waals surface area contributed by atoms with Gasteiger partial charge in [-0.25, -0.2) is 4.39 Å². The molecule has 0 fully saturated rings. The fourth-order valence-electron chi connectivity index (χ4n) is 1.46. The van der Waals surface area contributed by atoms with Crippen molar-refractivity contribution in [1.82, 2.24) is 10.1 Å². The summed E-state index contributed by atoms with van der Waals surface area (Å²) in [4.78, 5) is 3.83. The number of aromatic nitrogens is 2. The lowest BCUT2D eigenvalue weighted by atomic mass is 10.1. The highest BCUT2D eigenvalue weighted by atomic mass is 19.4. The molecule has 0 bridgehead atoms. The lowest BCUT2D eigenvalue weighted by Gasteiger charge is -2.11. The summed E-state index contributed by atoms with van der Waals surface area (Å²) >= 11 is 0. The summed E-state index contributed by atoms with van der Waals surface area (Å²) < 4.78 is 56.2. The fraction of sp³-hybridized carbons (Fsp3) is 0.333.